The van der Waals surface area contributed by atoms with Crippen LogP contribution in [0.1, 0.15) is 13.3 Å². The van der Waals surface area contributed by atoms with Gasteiger partial charge in [-0.25, -0.2) is 4.98 Å². The molecule has 2 aromatic rings. The van der Waals surface area contributed by atoms with E-state index in [1.807, 2.05) is 6.92 Å². The van der Waals surface area contributed by atoms with Crippen LogP contribution in [0.3, 0.4) is 0 Å². The SMILES string of the molecule is CCCOc1cccnc1Oc1cc(Cl)ccc1N. The Morgan fingerprint density at radius 2 is 2.11 bits per heavy atom. The van der Waals surface area contributed by atoms with Gasteiger partial charge in [0.05, 0.1) is 12.3 Å². The molecule has 0 spiro atoms. The van der Waals surface area contributed by atoms with Crippen LogP contribution >= 0.6 is 11.6 Å². The molecule has 0 atom stereocenters. The lowest BCUT2D eigenvalue weighted by Crippen LogP contribution is -1.99. The van der Waals surface area contributed by atoms with E-state index < -0.39 is 0 Å². The lowest BCUT2D eigenvalue weighted by atomic mass is 10.3. The molecule has 2 rings (SSSR count). The zero-order chi connectivity index (χ0) is 13.7. The molecule has 19 heavy (non-hydrogen) atoms. The highest BCUT2D eigenvalue weighted by Gasteiger charge is 2.09. The van der Waals surface area contributed by atoms with Crippen molar-refractivity contribution in [3.8, 4) is 17.4 Å². The third kappa shape index (κ3) is 3.51. The molecule has 0 amide bonds. The second-order valence-electron chi connectivity index (χ2n) is 3.94. The Hall–Kier alpha value is -1.94. The minimum atomic E-state index is 0.380. The number of pyridine rings is 1. The third-order valence-electron chi connectivity index (χ3n) is 2.38. The summed E-state index contributed by atoms with van der Waals surface area (Å²) in [5.41, 5.74) is 6.33. The van der Waals surface area contributed by atoms with Crippen LogP contribution in [0.2, 0.25) is 5.02 Å². The van der Waals surface area contributed by atoms with E-state index in [-0.39, 0.29) is 0 Å². The first-order chi connectivity index (χ1) is 9.20. The van der Waals surface area contributed by atoms with E-state index in [0.29, 0.717) is 34.7 Å². The van der Waals surface area contributed by atoms with Gasteiger partial charge >= 0.3 is 0 Å². The van der Waals surface area contributed by atoms with Crippen LogP contribution in [-0.4, -0.2) is 11.6 Å². The van der Waals surface area contributed by atoms with E-state index >= 15 is 0 Å². The Kier molecular flexibility index (Phi) is 4.47. The number of hydrogen-bond acceptors (Lipinski definition) is 4. The van der Waals surface area contributed by atoms with E-state index in [0.717, 1.165) is 6.42 Å². The first-order valence-electron chi connectivity index (χ1n) is 6.01. The van der Waals surface area contributed by atoms with E-state index in [2.05, 4.69) is 4.98 Å². The van der Waals surface area contributed by atoms with Crippen molar-refractivity contribution >= 4 is 17.3 Å². The number of aromatic nitrogens is 1. The summed E-state index contributed by atoms with van der Waals surface area (Å²) in [6, 6.07) is 8.64. The van der Waals surface area contributed by atoms with Gasteiger partial charge in [-0.15, -0.1) is 0 Å². The Bertz CT molecular complexity index is 561. The molecular weight excluding hydrogens is 264 g/mol. The van der Waals surface area contributed by atoms with Crippen LogP contribution in [0, 0.1) is 0 Å². The number of halogens is 1. The van der Waals surface area contributed by atoms with Gasteiger partial charge in [-0.3, -0.25) is 0 Å². The van der Waals surface area contributed by atoms with Gasteiger partial charge in [0.25, 0.3) is 5.88 Å². The van der Waals surface area contributed by atoms with Crippen LogP contribution in [0.4, 0.5) is 5.69 Å². The third-order valence-corrected chi connectivity index (χ3v) is 2.62. The first kappa shape index (κ1) is 13.5. The molecule has 1 heterocycles. The van der Waals surface area contributed by atoms with E-state index in [4.69, 9.17) is 26.8 Å². The zero-order valence-electron chi connectivity index (χ0n) is 10.6. The first-order valence-corrected chi connectivity index (χ1v) is 6.39. The average molecular weight is 279 g/mol. The molecule has 0 radical (unpaired) electrons. The normalized spacial score (nSPS) is 10.2. The molecule has 2 N–H and O–H groups in total. The largest absolute Gasteiger partial charge is 0.488 e. The highest BCUT2D eigenvalue weighted by molar-refractivity contribution is 6.30. The van der Waals surface area contributed by atoms with E-state index in [1.54, 1.807) is 36.5 Å². The number of rotatable bonds is 5. The van der Waals surface area contributed by atoms with Crippen molar-refractivity contribution in [3.05, 3.63) is 41.6 Å². The summed E-state index contributed by atoms with van der Waals surface area (Å²) in [6.07, 6.45) is 2.54. The summed E-state index contributed by atoms with van der Waals surface area (Å²) in [6.45, 7) is 2.64. The number of nitrogens with zero attached hydrogens (tertiary/aromatic N) is 1. The van der Waals surface area contributed by atoms with Crippen molar-refractivity contribution in [3.63, 3.8) is 0 Å². The average Bonchev–Trinajstić information content (AvgIpc) is 2.42. The summed E-state index contributed by atoms with van der Waals surface area (Å²) < 4.78 is 11.2. The van der Waals surface area contributed by atoms with Crippen molar-refractivity contribution in [2.24, 2.45) is 0 Å². The van der Waals surface area contributed by atoms with Crippen LogP contribution in [0.25, 0.3) is 0 Å². The molecule has 100 valence electrons. The number of nitrogens with two attached hydrogens (primary N) is 1. The lowest BCUT2D eigenvalue weighted by Gasteiger charge is -2.12. The van der Waals surface area contributed by atoms with E-state index in [9.17, 15) is 0 Å². The summed E-state index contributed by atoms with van der Waals surface area (Å²) >= 11 is 5.92. The molecule has 5 heteroatoms. The quantitative estimate of drug-likeness (QED) is 0.843. The Labute approximate surface area is 117 Å². The minimum Gasteiger partial charge on any atom is -0.488 e. The topological polar surface area (TPSA) is 57.4 Å². The predicted molar refractivity (Wildman–Crippen MR) is 76.0 cm³/mol. The van der Waals surface area contributed by atoms with Gasteiger partial charge in [0.2, 0.25) is 0 Å². The van der Waals surface area contributed by atoms with Gasteiger partial charge in [-0.05, 0) is 30.7 Å². The number of nitrogen functional groups attached to an aromatic ring is 1. The fourth-order valence-corrected chi connectivity index (χ4v) is 1.64. The fraction of sp³-hybridized carbons (Fsp3) is 0.214. The number of benzene rings is 1. The Morgan fingerprint density at radius 3 is 2.89 bits per heavy atom. The molecule has 0 bridgehead atoms. The van der Waals surface area contributed by atoms with Crippen molar-refractivity contribution in [1.29, 1.82) is 0 Å². The van der Waals surface area contributed by atoms with Gasteiger partial charge in [-0.2, -0.15) is 0 Å². The van der Waals surface area contributed by atoms with E-state index in [1.165, 1.54) is 0 Å². The summed E-state index contributed by atoms with van der Waals surface area (Å²) in [5.74, 6) is 1.43. The smallest absolute Gasteiger partial charge is 0.262 e. The maximum Gasteiger partial charge on any atom is 0.262 e. The highest BCUT2D eigenvalue weighted by atomic mass is 35.5. The molecule has 1 aromatic carbocycles. The van der Waals surface area contributed by atoms with Crippen LogP contribution < -0.4 is 15.2 Å². The molecule has 0 aliphatic heterocycles. The van der Waals surface area contributed by atoms with Gasteiger partial charge in [0.15, 0.2) is 11.5 Å². The second kappa shape index (κ2) is 6.29. The molecule has 0 fully saturated rings. The summed E-state index contributed by atoms with van der Waals surface area (Å²) in [7, 11) is 0. The molecule has 0 saturated heterocycles. The maximum atomic E-state index is 5.92. The Balaban J connectivity index is 2.25. The standard InChI is InChI=1S/C14H15ClN2O2/c1-2-8-18-12-4-3-7-17-14(12)19-13-9-10(15)5-6-11(13)16/h3-7,9H,2,8,16H2,1H3. The van der Waals surface area contributed by atoms with Gasteiger partial charge < -0.3 is 15.2 Å². The van der Waals surface area contributed by atoms with Crippen molar-refractivity contribution < 1.29 is 9.47 Å². The van der Waals surface area contributed by atoms with Crippen LogP contribution in [0.5, 0.6) is 17.4 Å². The van der Waals surface area contributed by atoms with Gasteiger partial charge in [-0.1, -0.05) is 18.5 Å². The molecule has 1 aromatic heterocycles. The molecule has 0 aliphatic rings. The number of anilines is 1. The van der Waals surface area contributed by atoms with Crippen LogP contribution in [-0.2, 0) is 0 Å². The lowest BCUT2D eigenvalue weighted by molar-refractivity contribution is 0.298. The molecule has 0 aliphatic carbocycles. The molecule has 4 nitrogen and oxygen atoms in total. The summed E-state index contributed by atoms with van der Waals surface area (Å²) in [4.78, 5) is 4.15. The maximum absolute atomic E-state index is 5.92. The molecule has 0 unspecified atom stereocenters. The number of ether oxygens (including phenoxy) is 2. The molecule has 0 saturated carbocycles. The van der Waals surface area contributed by atoms with Gasteiger partial charge in [0, 0.05) is 17.3 Å². The minimum absolute atomic E-state index is 0.380. The monoisotopic (exact) mass is 278 g/mol. The van der Waals surface area contributed by atoms with Crippen molar-refractivity contribution in [2.75, 3.05) is 12.3 Å². The second-order valence-corrected chi connectivity index (χ2v) is 4.38. The summed E-state index contributed by atoms with van der Waals surface area (Å²) in [5, 5.41) is 0.552. The number of hydrogen-bond donors (Lipinski definition) is 1. The van der Waals surface area contributed by atoms with Crippen LogP contribution in [0.15, 0.2) is 36.5 Å². The highest BCUT2D eigenvalue weighted by Crippen LogP contribution is 2.33. The molecular formula is C14H15ClN2O2. The predicted octanol–water partition coefficient (Wildman–Crippen LogP) is 3.90. The van der Waals surface area contributed by atoms with Crippen molar-refractivity contribution in [2.45, 2.75) is 13.3 Å². The zero-order valence-corrected chi connectivity index (χ0v) is 11.4. The van der Waals surface area contributed by atoms with Crippen molar-refractivity contribution in [1.82, 2.24) is 4.98 Å². The van der Waals surface area contributed by atoms with Gasteiger partial charge in [0.1, 0.15) is 0 Å². The fourth-order valence-electron chi connectivity index (χ4n) is 1.48. The Morgan fingerprint density at radius 1 is 1.26 bits per heavy atom.